The van der Waals surface area contributed by atoms with Crippen LogP contribution in [0.5, 0.6) is 0 Å². The number of benzene rings is 7. The van der Waals surface area contributed by atoms with E-state index in [2.05, 4.69) is 40.5 Å². The summed E-state index contributed by atoms with van der Waals surface area (Å²) in [5.74, 6) is -12.5. The maximum absolute atomic E-state index is 15.3. The molecule has 0 aromatic heterocycles. The summed E-state index contributed by atoms with van der Waals surface area (Å²) in [6.45, 7) is 27.0. The van der Waals surface area contributed by atoms with Gasteiger partial charge in [0.25, 0.3) is 0 Å². The predicted octanol–water partition coefficient (Wildman–Crippen LogP) is 16.6. The van der Waals surface area contributed by atoms with E-state index in [0.29, 0.717) is 38.7 Å². The third-order valence-corrected chi connectivity index (χ3v) is 28.8. The highest BCUT2D eigenvalue weighted by molar-refractivity contribution is 5.78. The van der Waals surface area contributed by atoms with Crippen LogP contribution in [0, 0.1) is 104 Å². The number of esters is 3. The highest BCUT2D eigenvalue weighted by Crippen LogP contribution is 2.66. The molecule has 716 valence electrons. The average Bonchev–Trinajstić information content (AvgIpc) is 1.55. The van der Waals surface area contributed by atoms with E-state index >= 15 is 9.59 Å². The molecule has 0 N–H and O–H groups in total. The van der Waals surface area contributed by atoms with Crippen molar-refractivity contribution in [3.8, 4) is 12.3 Å². The molecular formula is C108H131O25-3. The summed E-state index contributed by atoms with van der Waals surface area (Å²) >= 11 is 0. The van der Waals surface area contributed by atoms with Crippen molar-refractivity contribution >= 4 is 17.9 Å². The second-order valence-electron chi connectivity index (χ2n) is 36.5. The van der Waals surface area contributed by atoms with Gasteiger partial charge < -0.3 is 125 Å². The predicted molar refractivity (Wildman–Crippen MR) is 487 cm³/mol. The minimum absolute atomic E-state index is 0.0207. The van der Waals surface area contributed by atoms with Gasteiger partial charge in [0, 0.05) is 59.7 Å². The van der Waals surface area contributed by atoms with Crippen molar-refractivity contribution in [3.05, 3.63) is 272 Å². The van der Waals surface area contributed by atoms with E-state index in [1.54, 1.807) is 0 Å². The minimum atomic E-state index is -1.74. The van der Waals surface area contributed by atoms with Crippen molar-refractivity contribution in [1.29, 1.82) is 0 Å². The number of terminal acetylenes is 1. The Morgan fingerprint density at radius 1 is 0.331 bits per heavy atom. The summed E-state index contributed by atoms with van der Waals surface area (Å²) < 4.78 is 155. The van der Waals surface area contributed by atoms with Crippen LogP contribution < -0.4 is 0 Å². The maximum Gasteiger partial charge on any atom is 0.316 e. The fraction of sp³-hybridized carbons (Fsp3) is 0.537. The van der Waals surface area contributed by atoms with Crippen molar-refractivity contribution in [2.45, 2.75) is 268 Å². The van der Waals surface area contributed by atoms with Crippen LogP contribution in [-0.4, -0.2) is 174 Å². The smallest absolute Gasteiger partial charge is 0.316 e. The second-order valence-corrected chi connectivity index (χ2v) is 36.5. The van der Waals surface area contributed by atoms with E-state index in [9.17, 15) is 4.79 Å². The Balaban J connectivity index is 0.702. The van der Waals surface area contributed by atoms with E-state index < -0.39 is 211 Å². The molecule has 3 aliphatic carbocycles. The molecule has 0 bridgehead atoms. The lowest BCUT2D eigenvalue weighted by molar-refractivity contribution is -0.411. The first kappa shape index (κ1) is 97.8. The van der Waals surface area contributed by atoms with E-state index in [1.807, 2.05) is 240 Å². The molecule has 7 aromatic rings. The highest BCUT2D eigenvalue weighted by atomic mass is 16.8. The van der Waals surface area contributed by atoms with Crippen LogP contribution in [0.1, 0.15) is 132 Å². The first-order valence-electron chi connectivity index (χ1n) is 47.5. The number of carbonyl (C=O) groups excluding carboxylic acids is 3. The Morgan fingerprint density at radius 3 is 0.850 bits per heavy atom. The standard InChI is InChI=1S/C108H131O25/c1-14-21-43-58-115-100-66(8)88(116-59-69-44-29-22-30-45-69)91(79(18-5)123-100)126-104-77(16-3)83-95(86(98(110)113-12)107(83,132-104)121-64-74-54-39-27-40-55-74)129-102-68(10)90(118-61-71-48-33-24-34-49-71)93(81(20-7)125-102)128-105-78(17-4)84-96(87(99(111)114-13)108(84,133-105)122-65-75-56-41-28-42-57-75)130-101-67(9)89(117-60-70-46-31-23-32-47-70)92(80(19-6)124-101)127-103-76(15-2)82-94(119-62-72-50-35-25-36-51-72)85(97(109)112-11)106(82,131-103)120-63-73-52-37-26-38-53-73/h1,22-42,44-57,66-68,76-96,100-105H,5-7,15-21,43,58-65H2,2-4,8-13H3/q-3. The van der Waals surface area contributed by atoms with Gasteiger partial charge in [-0.15, -0.1) is 12.3 Å². The Kier molecular flexibility index (Phi) is 33.0. The van der Waals surface area contributed by atoms with Crippen LogP contribution >= 0.6 is 0 Å². The first-order chi connectivity index (χ1) is 64.9. The molecule has 9 aliphatic rings. The van der Waals surface area contributed by atoms with Gasteiger partial charge in [-0.25, -0.2) is 0 Å². The molecule has 6 saturated heterocycles. The Bertz CT molecular complexity index is 4830. The van der Waals surface area contributed by atoms with E-state index in [0.717, 1.165) is 38.9 Å². The van der Waals surface area contributed by atoms with Crippen LogP contribution in [0.4, 0.5) is 0 Å². The lowest BCUT2D eigenvalue weighted by Gasteiger charge is -2.56. The zero-order valence-corrected chi connectivity index (χ0v) is 77.7. The number of ether oxygens (including phenoxy) is 22. The molecule has 0 radical (unpaired) electrons. The third kappa shape index (κ3) is 20.3. The number of fused-ring (bicyclic) bond motifs is 3. The summed E-state index contributed by atoms with van der Waals surface area (Å²) in [5.41, 5.74) is 6.23. The van der Waals surface area contributed by atoms with E-state index in [1.165, 1.54) is 21.3 Å². The quantitative estimate of drug-likeness (QED) is 0.0113. The fourth-order valence-corrected chi connectivity index (χ4v) is 21.9. The van der Waals surface area contributed by atoms with Crippen molar-refractivity contribution in [1.82, 2.24) is 0 Å². The molecule has 0 spiro atoms. The number of methoxy groups -OCH3 is 3. The Hall–Kier alpha value is -8.25. The Labute approximate surface area is 783 Å². The highest BCUT2D eigenvalue weighted by Gasteiger charge is 2.80. The summed E-state index contributed by atoms with van der Waals surface area (Å²) in [4.78, 5) is 44.9. The monoisotopic (exact) mass is 1830 g/mol. The number of hydrogen-bond donors (Lipinski definition) is 0. The molecule has 0 amide bonds. The lowest BCUT2D eigenvalue weighted by Crippen LogP contribution is -2.71. The SMILES string of the molecule is C#CCCCOC1OC(C[CH2-])C(OC2OC3(OCc4ccccc4)C(C(=O)OC)C(OC4OC(C[CH2-])C(OC5OC6(OCc7ccccc7)C(C(=O)OC)C(OC7OC(C[CH2-])C(OC8OC9(OCc%10ccccc%10)C(C(=O)OC)C(OCc%10ccccc%10)C9C8CC)C(OCc8ccccc8)C7C)C6C5CC)C(OCc5ccccc5)C4C)C3C2CC)C(OCc2ccccc2)C1C. The molecule has 16 rings (SSSR count). The molecule has 3 saturated carbocycles. The zero-order valence-electron chi connectivity index (χ0n) is 77.7. The molecule has 33 atom stereocenters. The number of unbranched alkanes of at least 4 members (excludes halogenated alkanes) is 1. The summed E-state index contributed by atoms with van der Waals surface area (Å²) in [7, 11) is 4.05. The number of hydrogen-bond acceptors (Lipinski definition) is 25. The normalized spacial score (nSPS) is 36.4. The van der Waals surface area contributed by atoms with E-state index in [4.69, 9.17) is 111 Å². The van der Waals surface area contributed by atoms with Gasteiger partial charge in [0.05, 0.1) is 129 Å². The summed E-state index contributed by atoms with van der Waals surface area (Å²) in [5, 5.41) is 0. The van der Waals surface area contributed by atoms with Gasteiger partial charge in [0.2, 0.25) is 0 Å². The van der Waals surface area contributed by atoms with E-state index in [-0.39, 0.29) is 71.4 Å². The van der Waals surface area contributed by atoms with Gasteiger partial charge in [0.1, 0.15) is 36.1 Å². The van der Waals surface area contributed by atoms with Crippen molar-refractivity contribution < 1.29 is 119 Å². The van der Waals surface area contributed by atoms with Crippen molar-refractivity contribution in [3.63, 3.8) is 0 Å². The molecule has 6 heterocycles. The van der Waals surface area contributed by atoms with Gasteiger partial charge in [0.15, 0.2) is 55.1 Å². The minimum Gasteiger partial charge on any atom is -0.469 e. The lowest BCUT2D eigenvalue weighted by atomic mass is 9.61. The molecular weight excluding hydrogens is 1700 g/mol. The first-order valence-corrected chi connectivity index (χ1v) is 47.5. The molecule has 7 aromatic carbocycles. The maximum atomic E-state index is 15.3. The second kappa shape index (κ2) is 44.9. The van der Waals surface area contributed by atoms with Gasteiger partial charge in [-0.1, -0.05) is 254 Å². The molecule has 33 unspecified atom stereocenters. The molecule has 6 aliphatic heterocycles. The van der Waals surface area contributed by atoms with Gasteiger partial charge in [-0.2, -0.15) is 19.3 Å². The fourth-order valence-electron chi connectivity index (χ4n) is 21.9. The largest absolute Gasteiger partial charge is 0.469 e. The topological polar surface area (TPSA) is 254 Å². The van der Waals surface area contributed by atoms with Crippen molar-refractivity contribution in [2.24, 2.45) is 71.0 Å². The third-order valence-electron chi connectivity index (χ3n) is 28.8. The molecule has 133 heavy (non-hydrogen) atoms. The van der Waals surface area contributed by atoms with Crippen LogP contribution in [0.3, 0.4) is 0 Å². The number of carbonyl (C=O) groups is 3. The summed E-state index contributed by atoms with van der Waals surface area (Å²) in [6, 6.07) is 68.6. The van der Waals surface area contributed by atoms with Crippen molar-refractivity contribution in [2.75, 3.05) is 27.9 Å². The average molecular weight is 1830 g/mol. The van der Waals surface area contributed by atoms with Gasteiger partial charge >= 0.3 is 17.9 Å². The van der Waals surface area contributed by atoms with Crippen LogP contribution in [0.25, 0.3) is 0 Å². The van der Waals surface area contributed by atoms with Crippen LogP contribution in [0.2, 0.25) is 0 Å². The van der Waals surface area contributed by atoms with Crippen LogP contribution in [0.15, 0.2) is 212 Å². The summed E-state index contributed by atoms with van der Waals surface area (Å²) in [6.07, 6.45) is -6.95. The van der Waals surface area contributed by atoms with Crippen LogP contribution in [-0.2, 0) is 165 Å². The molecule has 9 fully saturated rings. The van der Waals surface area contributed by atoms with Gasteiger partial charge in [-0.05, 0) is 64.6 Å². The zero-order chi connectivity index (χ0) is 92.9. The van der Waals surface area contributed by atoms with Gasteiger partial charge in [-0.3, -0.25) is 14.4 Å². The Morgan fingerprint density at radius 2 is 0.579 bits per heavy atom. The molecule has 25 heteroatoms. The number of rotatable bonds is 44. The molecule has 25 nitrogen and oxygen atoms in total.